The van der Waals surface area contributed by atoms with E-state index in [-0.39, 0.29) is 5.91 Å². The van der Waals surface area contributed by atoms with E-state index in [0.29, 0.717) is 23.6 Å². The molecule has 1 N–H and O–H groups in total. The number of anilines is 1. The summed E-state index contributed by atoms with van der Waals surface area (Å²) in [6, 6.07) is 12.8. The number of rotatable bonds is 5. The molecule has 0 aromatic heterocycles. The van der Waals surface area contributed by atoms with Crippen molar-refractivity contribution in [1.82, 2.24) is 0 Å². The molecule has 4 heteroatoms. The van der Waals surface area contributed by atoms with Crippen LogP contribution in [0.25, 0.3) is 0 Å². The van der Waals surface area contributed by atoms with Crippen LogP contribution in [0.5, 0.6) is 5.75 Å². The topological polar surface area (TPSA) is 38.3 Å². The number of hydrogen-bond donors (Lipinski definition) is 1. The van der Waals surface area contributed by atoms with Crippen molar-refractivity contribution in [2.24, 2.45) is 0 Å². The summed E-state index contributed by atoms with van der Waals surface area (Å²) >= 11 is 0. The maximum atomic E-state index is 13.1. The molecule has 0 aliphatic rings. The van der Waals surface area contributed by atoms with Crippen molar-refractivity contribution in [1.29, 1.82) is 0 Å². The zero-order valence-electron chi connectivity index (χ0n) is 11.2. The molecule has 0 aliphatic heterocycles. The highest BCUT2D eigenvalue weighted by molar-refractivity contribution is 6.06. The molecule has 0 saturated heterocycles. The number of benzene rings is 2. The van der Waals surface area contributed by atoms with Gasteiger partial charge in [0.25, 0.3) is 5.91 Å². The Bertz CT molecular complexity index is 599. The third-order valence-corrected chi connectivity index (χ3v) is 2.68. The van der Waals surface area contributed by atoms with Crippen LogP contribution < -0.4 is 10.1 Å². The van der Waals surface area contributed by atoms with Gasteiger partial charge in [-0.25, -0.2) is 4.39 Å². The Morgan fingerprint density at radius 1 is 1.20 bits per heavy atom. The standard InChI is InChI=1S/C16H16FNO2/c1-2-10-20-15-9-4-3-8-14(15)16(19)18-13-7-5-6-12(17)11-13/h3-9,11H,2,10H2,1H3,(H,18,19). The molecule has 3 nitrogen and oxygen atoms in total. The Hall–Kier alpha value is -2.36. The van der Waals surface area contributed by atoms with E-state index >= 15 is 0 Å². The molecule has 0 radical (unpaired) electrons. The fourth-order valence-corrected chi connectivity index (χ4v) is 1.76. The number of halogens is 1. The van der Waals surface area contributed by atoms with E-state index in [1.807, 2.05) is 13.0 Å². The van der Waals surface area contributed by atoms with E-state index in [9.17, 15) is 9.18 Å². The van der Waals surface area contributed by atoms with Gasteiger partial charge in [0.1, 0.15) is 11.6 Å². The number of carbonyl (C=O) groups is 1. The maximum Gasteiger partial charge on any atom is 0.259 e. The molecule has 104 valence electrons. The summed E-state index contributed by atoms with van der Waals surface area (Å²) in [4.78, 5) is 12.2. The summed E-state index contributed by atoms with van der Waals surface area (Å²) in [5.74, 6) is -0.177. The monoisotopic (exact) mass is 273 g/mol. The Labute approximate surface area is 117 Å². The van der Waals surface area contributed by atoms with Gasteiger partial charge in [-0.05, 0) is 36.8 Å². The summed E-state index contributed by atoms with van der Waals surface area (Å²) in [7, 11) is 0. The average Bonchev–Trinajstić information content (AvgIpc) is 2.45. The first kappa shape index (κ1) is 14.1. The molecule has 0 heterocycles. The lowest BCUT2D eigenvalue weighted by atomic mass is 10.2. The van der Waals surface area contributed by atoms with Crippen molar-refractivity contribution < 1.29 is 13.9 Å². The highest BCUT2D eigenvalue weighted by atomic mass is 19.1. The average molecular weight is 273 g/mol. The highest BCUT2D eigenvalue weighted by Gasteiger charge is 2.12. The summed E-state index contributed by atoms with van der Waals surface area (Å²) in [6.45, 7) is 2.54. The molecule has 2 rings (SSSR count). The zero-order chi connectivity index (χ0) is 14.4. The van der Waals surface area contributed by atoms with E-state index in [4.69, 9.17) is 4.74 Å². The first-order chi connectivity index (χ1) is 9.70. The molecule has 0 unspecified atom stereocenters. The lowest BCUT2D eigenvalue weighted by Crippen LogP contribution is -2.14. The lowest BCUT2D eigenvalue weighted by Gasteiger charge is -2.11. The Morgan fingerprint density at radius 3 is 2.75 bits per heavy atom. The first-order valence-electron chi connectivity index (χ1n) is 6.49. The van der Waals surface area contributed by atoms with Crippen molar-refractivity contribution in [3.05, 3.63) is 59.9 Å². The normalized spacial score (nSPS) is 10.1. The molecule has 0 bridgehead atoms. The number of hydrogen-bond acceptors (Lipinski definition) is 2. The van der Waals surface area contributed by atoms with E-state index in [1.54, 1.807) is 30.3 Å². The Kier molecular flexibility index (Phi) is 4.71. The highest BCUT2D eigenvalue weighted by Crippen LogP contribution is 2.20. The lowest BCUT2D eigenvalue weighted by molar-refractivity contribution is 0.102. The van der Waals surface area contributed by atoms with Crippen molar-refractivity contribution in [2.75, 3.05) is 11.9 Å². The molecule has 2 aromatic rings. The molecular formula is C16H16FNO2. The summed E-state index contributed by atoms with van der Waals surface area (Å²) in [6.07, 6.45) is 0.861. The van der Waals surface area contributed by atoms with Gasteiger partial charge in [0.05, 0.1) is 12.2 Å². The van der Waals surface area contributed by atoms with Gasteiger partial charge >= 0.3 is 0 Å². The number of carbonyl (C=O) groups excluding carboxylic acids is 1. The van der Waals surface area contributed by atoms with Crippen molar-refractivity contribution in [3.8, 4) is 5.75 Å². The van der Waals surface area contributed by atoms with Crippen molar-refractivity contribution in [2.45, 2.75) is 13.3 Å². The third-order valence-electron chi connectivity index (χ3n) is 2.68. The third kappa shape index (κ3) is 3.57. The van der Waals surface area contributed by atoms with Crippen molar-refractivity contribution in [3.63, 3.8) is 0 Å². The molecule has 0 saturated carbocycles. The molecule has 0 fully saturated rings. The second-order valence-electron chi connectivity index (χ2n) is 4.31. The molecule has 0 atom stereocenters. The summed E-state index contributed by atoms with van der Waals surface area (Å²) in [5, 5.41) is 2.66. The van der Waals surface area contributed by atoms with Gasteiger partial charge in [-0.2, -0.15) is 0 Å². The molecule has 2 aromatic carbocycles. The van der Waals surface area contributed by atoms with Gasteiger partial charge in [-0.1, -0.05) is 25.1 Å². The van der Waals surface area contributed by atoms with Gasteiger partial charge in [0.2, 0.25) is 0 Å². The van der Waals surface area contributed by atoms with Gasteiger partial charge in [-0.3, -0.25) is 4.79 Å². The van der Waals surface area contributed by atoms with Gasteiger partial charge in [0.15, 0.2) is 0 Å². The van der Waals surface area contributed by atoms with Crippen LogP contribution in [0.3, 0.4) is 0 Å². The van der Waals surface area contributed by atoms with Crippen LogP contribution in [0.15, 0.2) is 48.5 Å². The zero-order valence-corrected chi connectivity index (χ0v) is 11.2. The van der Waals surface area contributed by atoms with E-state index in [0.717, 1.165) is 6.42 Å². The molecule has 0 aliphatic carbocycles. The van der Waals surface area contributed by atoms with Crippen LogP contribution in [-0.4, -0.2) is 12.5 Å². The SMILES string of the molecule is CCCOc1ccccc1C(=O)Nc1cccc(F)c1. The number of nitrogens with one attached hydrogen (secondary N) is 1. The molecule has 0 spiro atoms. The van der Waals surface area contributed by atoms with Crippen LogP contribution >= 0.6 is 0 Å². The number of ether oxygens (including phenoxy) is 1. The second kappa shape index (κ2) is 6.70. The Balaban J connectivity index is 2.16. The van der Waals surface area contributed by atoms with E-state index < -0.39 is 5.82 Å². The van der Waals surface area contributed by atoms with Crippen molar-refractivity contribution >= 4 is 11.6 Å². The van der Waals surface area contributed by atoms with Crippen LogP contribution in [0.1, 0.15) is 23.7 Å². The summed E-state index contributed by atoms with van der Waals surface area (Å²) < 4.78 is 18.6. The second-order valence-corrected chi connectivity index (χ2v) is 4.31. The number of amides is 1. The molecule has 20 heavy (non-hydrogen) atoms. The quantitative estimate of drug-likeness (QED) is 0.898. The summed E-state index contributed by atoms with van der Waals surface area (Å²) in [5.41, 5.74) is 0.852. The van der Waals surface area contributed by atoms with Crippen LogP contribution in [0, 0.1) is 5.82 Å². The fourth-order valence-electron chi connectivity index (χ4n) is 1.76. The van der Waals surface area contributed by atoms with Gasteiger partial charge in [0, 0.05) is 5.69 Å². The Morgan fingerprint density at radius 2 is 2.00 bits per heavy atom. The van der Waals surface area contributed by atoms with E-state index in [2.05, 4.69) is 5.32 Å². The predicted molar refractivity (Wildman–Crippen MR) is 76.6 cm³/mol. The molecule has 1 amide bonds. The van der Waals surface area contributed by atoms with E-state index in [1.165, 1.54) is 12.1 Å². The largest absolute Gasteiger partial charge is 0.493 e. The minimum absolute atomic E-state index is 0.317. The fraction of sp³-hybridized carbons (Fsp3) is 0.188. The minimum atomic E-state index is -0.390. The minimum Gasteiger partial charge on any atom is -0.493 e. The van der Waals surface area contributed by atoms with Crippen LogP contribution in [-0.2, 0) is 0 Å². The first-order valence-corrected chi connectivity index (χ1v) is 6.49. The van der Waals surface area contributed by atoms with Crippen LogP contribution in [0.4, 0.5) is 10.1 Å². The van der Waals surface area contributed by atoms with Gasteiger partial charge < -0.3 is 10.1 Å². The smallest absolute Gasteiger partial charge is 0.259 e. The van der Waals surface area contributed by atoms with Gasteiger partial charge in [-0.15, -0.1) is 0 Å². The maximum absolute atomic E-state index is 13.1. The number of para-hydroxylation sites is 1. The molecular weight excluding hydrogens is 257 g/mol. The van der Waals surface area contributed by atoms with Crippen LogP contribution in [0.2, 0.25) is 0 Å². The predicted octanol–water partition coefficient (Wildman–Crippen LogP) is 3.87.